The van der Waals surface area contributed by atoms with Gasteiger partial charge in [-0.25, -0.2) is 4.79 Å². The van der Waals surface area contributed by atoms with Crippen LogP contribution in [0.25, 0.3) is 0 Å². The summed E-state index contributed by atoms with van der Waals surface area (Å²) in [5.74, 6) is 0. The van der Waals surface area contributed by atoms with Crippen molar-refractivity contribution in [3.05, 3.63) is 0 Å². The van der Waals surface area contributed by atoms with Gasteiger partial charge in [-0.2, -0.15) is 0 Å². The van der Waals surface area contributed by atoms with Crippen molar-refractivity contribution in [2.75, 3.05) is 40.3 Å². The molecule has 3 N–H and O–H groups in total. The van der Waals surface area contributed by atoms with Crippen molar-refractivity contribution in [2.24, 2.45) is 5.73 Å². The SMILES string of the molecule is CCN(C)C(=O)NC1(CN)CCN(C)CC1. The molecule has 0 aromatic heterocycles. The largest absolute Gasteiger partial charge is 0.331 e. The predicted octanol–water partition coefficient (Wildman–Crippen LogP) is 0.0708. The molecule has 1 fully saturated rings. The van der Waals surface area contributed by atoms with Crippen LogP contribution in [0.15, 0.2) is 0 Å². The van der Waals surface area contributed by atoms with Crippen LogP contribution in [0.4, 0.5) is 4.79 Å². The normalized spacial score (nSPS) is 20.5. The Morgan fingerprint density at radius 2 is 2.06 bits per heavy atom. The van der Waals surface area contributed by atoms with Crippen LogP contribution in [0.5, 0.6) is 0 Å². The minimum Gasteiger partial charge on any atom is -0.331 e. The number of hydrogen-bond donors (Lipinski definition) is 2. The summed E-state index contributed by atoms with van der Waals surface area (Å²) < 4.78 is 0. The highest BCUT2D eigenvalue weighted by Gasteiger charge is 2.34. The number of amides is 2. The summed E-state index contributed by atoms with van der Waals surface area (Å²) in [6.45, 7) is 5.18. The Morgan fingerprint density at radius 1 is 1.50 bits per heavy atom. The zero-order valence-corrected chi connectivity index (χ0v) is 10.6. The van der Waals surface area contributed by atoms with Gasteiger partial charge in [0.1, 0.15) is 0 Å². The molecule has 1 saturated heterocycles. The van der Waals surface area contributed by atoms with Gasteiger partial charge in [0.15, 0.2) is 0 Å². The highest BCUT2D eigenvalue weighted by atomic mass is 16.2. The standard InChI is InChI=1S/C11H24N4O/c1-4-15(3)10(16)13-11(9-12)5-7-14(2)8-6-11/h4-9,12H2,1-3H3,(H,13,16). The Kier molecular flexibility index (Phi) is 4.56. The molecule has 0 aromatic rings. The molecule has 0 unspecified atom stereocenters. The lowest BCUT2D eigenvalue weighted by Gasteiger charge is -2.41. The van der Waals surface area contributed by atoms with Crippen LogP contribution < -0.4 is 11.1 Å². The van der Waals surface area contributed by atoms with Gasteiger partial charge in [0.2, 0.25) is 0 Å². The van der Waals surface area contributed by atoms with E-state index in [1.54, 1.807) is 11.9 Å². The van der Waals surface area contributed by atoms with Crippen LogP contribution in [0.2, 0.25) is 0 Å². The lowest BCUT2D eigenvalue weighted by atomic mass is 9.88. The van der Waals surface area contributed by atoms with Crippen LogP contribution in [0.3, 0.4) is 0 Å². The predicted molar refractivity (Wildman–Crippen MR) is 65.4 cm³/mol. The Balaban J connectivity index is 2.57. The molecule has 0 atom stereocenters. The number of likely N-dealkylation sites (tertiary alicyclic amines) is 1. The van der Waals surface area contributed by atoms with Crippen LogP contribution in [-0.2, 0) is 0 Å². The number of hydrogen-bond acceptors (Lipinski definition) is 3. The van der Waals surface area contributed by atoms with Crippen LogP contribution >= 0.6 is 0 Å². The molecular weight excluding hydrogens is 204 g/mol. The number of rotatable bonds is 3. The van der Waals surface area contributed by atoms with E-state index in [2.05, 4.69) is 17.3 Å². The maximum absolute atomic E-state index is 11.8. The van der Waals surface area contributed by atoms with Crippen molar-refractivity contribution in [1.82, 2.24) is 15.1 Å². The number of carbonyl (C=O) groups is 1. The lowest BCUT2D eigenvalue weighted by molar-refractivity contribution is 0.149. The first-order chi connectivity index (χ1) is 7.53. The van der Waals surface area contributed by atoms with Gasteiger partial charge in [-0.1, -0.05) is 0 Å². The summed E-state index contributed by atoms with van der Waals surface area (Å²) in [5, 5.41) is 3.09. The van der Waals surface area contributed by atoms with Gasteiger partial charge in [0, 0.05) is 33.2 Å². The van der Waals surface area contributed by atoms with Gasteiger partial charge in [0.25, 0.3) is 0 Å². The van der Waals surface area contributed by atoms with Gasteiger partial charge in [-0.05, 0) is 26.8 Å². The number of carbonyl (C=O) groups excluding carboxylic acids is 1. The molecular formula is C11H24N4O. The van der Waals surface area contributed by atoms with Gasteiger partial charge in [0.05, 0.1) is 5.54 Å². The molecule has 1 rings (SSSR count). The van der Waals surface area contributed by atoms with E-state index < -0.39 is 0 Å². The van der Waals surface area contributed by atoms with Crippen LogP contribution in [0, 0.1) is 0 Å². The van der Waals surface area contributed by atoms with Gasteiger partial charge >= 0.3 is 6.03 Å². The lowest BCUT2D eigenvalue weighted by Crippen LogP contribution is -2.60. The van der Waals surface area contributed by atoms with Gasteiger partial charge in [-0.3, -0.25) is 0 Å². The summed E-state index contributed by atoms with van der Waals surface area (Å²) in [6.07, 6.45) is 1.87. The maximum Gasteiger partial charge on any atom is 0.317 e. The topological polar surface area (TPSA) is 61.6 Å². The molecule has 94 valence electrons. The molecule has 5 heteroatoms. The van der Waals surface area contributed by atoms with E-state index in [0.717, 1.165) is 25.9 Å². The van der Waals surface area contributed by atoms with Crippen molar-refractivity contribution >= 4 is 6.03 Å². The van der Waals surface area contributed by atoms with Gasteiger partial charge in [-0.15, -0.1) is 0 Å². The number of nitrogens with zero attached hydrogens (tertiary/aromatic N) is 2. The molecule has 0 radical (unpaired) electrons. The second-order valence-corrected chi connectivity index (χ2v) is 4.73. The Labute approximate surface area is 98.0 Å². The van der Waals surface area contributed by atoms with E-state index in [1.165, 1.54) is 0 Å². The summed E-state index contributed by atoms with van der Waals surface area (Å²) in [5.41, 5.74) is 5.62. The Morgan fingerprint density at radius 3 is 2.50 bits per heavy atom. The summed E-state index contributed by atoms with van der Waals surface area (Å²) in [6, 6.07) is -0.0162. The van der Waals surface area contributed by atoms with E-state index in [1.807, 2.05) is 6.92 Å². The zero-order chi connectivity index (χ0) is 12.2. The third-order valence-corrected chi connectivity index (χ3v) is 3.53. The highest BCUT2D eigenvalue weighted by Crippen LogP contribution is 2.20. The second kappa shape index (κ2) is 5.50. The first kappa shape index (κ1) is 13.3. The molecule has 0 aromatic carbocycles. The van der Waals surface area contributed by atoms with Gasteiger partial charge < -0.3 is 20.9 Å². The van der Waals surface area contributed by atoms with Crippen molar-refractivity contribution in [3.8, 4) is 0 Å². The quantitative estimate of drug-likeness (QED) is 0.718. The van der Waals surface area contributed by atoms with Crippen LogP contribution in [0.1, 0.15) is 19.8 Å². The monoisotopic (exact) mass is 228 g/mol. The average Bonchev–Trinajstić information content (AvgIpc) is 2.31. The third kappa shape index (κ3) is 3.09. The minimum atomic E-state index is -0.201. The first-order valence-electron chi connectivity index (χ1n) is 5.95. The van der Waals surface area contributed by atoms with Crippen LogP contribution in [-0.4, -0.2) is 61.6 Å². The highest BCUT2D eigenvalue weighted by molar-refractivity contribution is 5.74. The fourth-order valence-corrected chi connectivity index (χ4v) is 1.89. The van der Waals surface area contributed by atoms with E-state index in [0.29, 0.717) is 13.1 Å². The molecule has 0 spiro atoms. The van der Waals surface area contributed by atoms with Crippen molar-refractivity contribution in [1.29, 1.82) is 0 Å². The van der Waals surface area contributed by atoms with Crippen molar-refractivity contribution < 1.29 is 4.79 Å². The first-order valence-corrected chi connectivity index (χ1v) is 5.95. The van der Waals surface area contributed by atoms with E-state index in [9.17, 15) is 4.79 Å². The molecule has 1 aliphatic heterocycles. The molecule has 1 aliphatic rings. The molecule has 0 bridgehead atoms. The number of nitrogens with two attached hydrogens (primary N) is 1. The zero-order valence-electron chi connectivity index (χ0n) is 10.6. The molecule has 0 aliphatic carbocycles. The molecule has 0 saturated carbocycles. The fourth-order valence-electron chi connectivity index (χ4n) is 1.89. The van der Waals surface area contributed by atoms with E-state index in [4.69, 9.17) is 5.73 Å². The third-order valence-electron chi connectivity index (χ3n) is 3.53. The van der Waals surface area contributed by atoms with Crippen molar-refractivity contribution in [3.63, 3.8) is 0 Å². The number of nitrogens with one attached hydrogen (secondary N) is 1. The maximum atomic E-state index is 11.8. The molecule has 16 heavy (non-hydrogen) atoms. The Hall–Kier alpha value is -0.810. The minimum absolute atomic E-state index is 0.0162. The molecule has 5 nitrogen and oxygen atoms in total. The Bertz CT molecular complexity index is 236. The molecule has 2 amide bonds. The smallest absolute Gasteiger partial charge is 0.317 e. The summed E-state index contributed by atoms with van der Waals surface area (Å²) in [7, 11) is 3.90. The van der Waals surface area contributed by atoms with Crippen molar-refractivity contribution in [2.45, 2.75) is 25.3 Å². The fraction of sp³-hybridized carbons (Fsp3) is 0.909. The van der Waals surface area contributed by atoms with E-state index >= 15 is 0 Å². The van der Waals surface area contributed by atoms with E-state index in [-0.39, 0.29) is 11.6 Å². The molecule has 1 heterocycles. The summed E-state index contributed by atoms with van der Waals surface area (Å²) in [4.78, 5) is 15.8. The number of urea groups is 1. The average molecular weight is 228 g/mol. The number of piperidine rings is 1. The second-order valence-electron chi connectivity index (χ2n) is 4.73. The summed E-state index contributed by atoms with van der Waals surface area (Å²) >= 11 is 0.